The van der Waals surface area contributed by atoms with E-state index >= 15 is 0 Å². The predicted octanol–water partition coefficient (Wildman–Crippen LogP) is 4.77. The maximum absolute atomic E-state index is 6.25. The van der Waals surface area contributed by atoms with Gasteiger partial charge in [0.25, 0.3) is 0 Å². The molecular formula is C14H21ClN2S. The van der Waals surface area contributed by atoms with Gasteiger partial charge in [-0.25, -0.2) is 9.97 Å². The molecule has 0 bridgehead atoms. The molecule has 0 aromatic carbocycles. The van der Waals surface area contributed by atoms with Crippen molar-refractivity contribution in [2.45, 2.75) is 69.1 Å². The number of hydrogen-bond donors (Lipinski definition) is 0. The normalized spacial score (nSPS) is 17.4. The third-order valence-electron chi connectivity index (χ3n) is 3.29. The standard InChI is InChI=1S/C14H21ClN2S/c1-9-11(15)16-13(14(2,3)4)17-12(9)18-10-7-5-6-8-10/h10H,5-8H2,1-4H3. The van der Waals surface area contributed by atoms with Gasteiger partial charge in [-0.1, -0.05) is 45.2 Å². The van der Waals surface area contributed by atoms with Crippen LogP contribution in [0.2, 0.25) is 5.15 Å². The predicted molar refractivity (Wildman–Crippen MR) is 78.6 cm³/mol. The second-order valence-electron chi connectivity index (χ2n) is 6.04. The third-order valence-corrected chi connectivity index (χ3v) is 5.09. The van der Waals surface area contributed by atoms with Crippen LogP contribution < -0.4 is 0 Å². The highest BCUT2D eigenvalue weighted by atomic mass is 35.5. The van der Waals surface area contributed by atoms with Crippen LogP contribution in [0.3, 0.4) is 0 Å². The highest BCUT2D eigenvalue weighted by Crippen LogP contribution is 2.37. The van der Waals surface area contributed by atoms with E-state index in [1.54, 1.807) is 0 Å². The molecule has 4 heteroatoms. The van der Waals surface area contributed by atoms with Crippen molar-refractivity contribution < 1.29 is 0 Å². The zero-order valence-electron chi connectivity index (χ0n) is 11.6. The van der Waals surface area contributed by atoms with Crippen molar-refractivity contribution in [3.63, 3.8) is 0 Å². The van der Waals surface area contributed by atoms with E-state index in [1.807, 2.05) is 18.7 Å². The topological polar surface area (TPSA) is 25.8 Å². The summed E-state index contributed by atoms with van der Waals surface area (Å²) in [6.07, 6.45) is 5.30. The summed E-state index contributed by atoms with van der Waals surface area (Å²) in [6, 6.07) is 0. The molecule has 1 aliphatic rings. The lowest BCUT2D eigenvalue weighted by molar-refractivity contribution is 0.537. The van der Waals surface area contributed by atoms with E-state index in [-0.39, 0.29) is 5.41 Å². The van der Waals surface area contributed by atoms with Crippen molar-refractivity contribution in [2.75, 3.05) is 0 Å². The van der Waals surface area contributed by atoms with E-state index in [2.05, 4.69) is 25.8 Å². The molecule has 0 unspecified atom stereocenters. The second-order valence-corrected chi connectivity index (χ2v) is 7.69. The molecule has 100 valence electrons. The van der Waals surface area contributed by atoms with Crippen LogP contribution in [0.5, 0.6) is 0 Å². The number of nitrogens with zero attached hydrogens (tertiary/aromatic N) is 2. The Kier molecular flexibility index (Phi) is 4.22. The van der Waals surface area contributed by atoms with Gasteiger partial charge >= 0.3 is 0 Å². The molecule has 0 amide bonds. The van der Waals surface area contributed by atoms with E-state index in [4.69, 9.17) is 16.6 Å². The fourth-order valence-corrected chi connectivity index (χ4v) is 3.61. The molecule has 1 aliphatic carbocycles. The van der Waals surface area contributed by atoms with Gasteiger partial charge in [0, 0.05) is 16.2 Å². The van der Waals surface area contributed by atoms with Gasteiger partial charge in [-0.05, 0) is 19.8 Å². The lowest BCUT2D eigenvalue weighted by atomic mass is 9.96. The molecule has 0 aliphatic heterocycles. The fourth-order valence-electron chi connectivity index (χ4n) is 2.08. The van der Waals surface area contributed by atoms with Crippen LogP contribution in [0.1, 0.15) is 57.8 Å². The largest absolute Gasteiger partial charge is 0.226 e. The second kappa shape index (κ2) is 5.38. The first-order valence-electron chi connectivity index (χ1n) is 6.59. The Morgan fingerprint density at radius 3 is 2.33 bits per heavy atom. The van der Waals surface area contributed by atoms with E-state index in [0.29, 0.717) is 10.4 Å². The maximum atomic E-state index is 6.25. The number of rotatable bonds is 2. The number of halogens is 1. The Hall–Kier alpha value is -0.280. The summed E-state index contributed by atoms with van der Waals surface area (Å²) in [5.41, 5.74) is 0.976. The van der Waals surface area contributed by atoms with E-state index in [0.717, 1.165) is 16.4 Å². The van der Waals surface area contributed by atoms with Gasteiger partial charge in [0.2, 0.25) is 0 Å². The van der Waals surface area contributed by atoms with Crippen molar-refractivity contribution in [2.24, 2.45) is 0 Å². The zero-order valence-corrected chi connectivity index (χ0v) is 13.2. The lowest BCUT2D eigenvalue weighted by Crippen LogP contribution is -2.17. The molecule has 2 nitrogen and oxygen atoms in total. The molecule has 0 N–H and O–H groups in total. The molecule has 1 aromatic heterocycles. The zero-order chi connectivity index (χ0) is 13.3. The summed E-state index contributed by atoms with van der Waals surface area (Å²) in [7, 11) is 0. The van der Waals surface area contributed by atoms with Gasteiger partial charge in [-0.2, -0.15) is 0 Å². The molecule has 1 fully saturated rings. The van der Waals surface area contributed by atoms with Gasteiger partial charge in [-0.3, -0.25) is 0 Å². The average Bonchev–Trinajstić information content (AvgIpc) is 2.75. The molecule has 0 spiro atoms. The Labute approximate surface area is 119 Å². The van der Waals surface area contributed by atoms with E-state index in [9.17, 15) is 0 Å². The van der Waals surface area contributed by atoms with Crippen molar-refractivity contribution in [3.05, 3.63) is 16.5 Å². The first kappa shape index (κ1) is 14.1. The minimum atomic E-state index is -0.0532. The van der Waals surface area contributed by atoms with E-state index < -0.39 is 0 Å². The first-order chi connectivity index (χ1) is 8.38. The molecule has 0 radical (unpaired) electrons. The lowest BCUT2D eigenvalue weighted by Gasteiger charge is -2.19. The van der Waals surface area contributed by atoms with Gasteiger partial charge in [0.05, 0.1) is 0 Å². The molecular weight excluding hydrogens is 264 g/mol. The first-order valence-corrected chi connectivity index (χ1v) is 7.85. The van der Waals surface area contributed by atoms with Gasteiger partial charge in [0.1, 0.15) is 16.0 Å². The van der Waals surface area contributed by atoms with Crippen molar-refractivity contribution in [1.29, 1.82) is 0 Å². The van der Waals surface area contributed by atoms with Crippen LogP contribution >= 0.6 is 23.4 Å². The summed E-state index contributed by atoms with van der Waals surface area (Å²) in [4.78, 5) is 9.16. The number of thioether (sulfide) groups is 1. The summed E-state index contributed by atoms with van der Waals surface area (Å²) < 4.78 is 0. The van der Waals surface area contributed by atoms with Gasteiger partial charge in [0.15, 0.2) is 0 Å². The quantitative estimate of drug-likeness (QED) is 0.732. The summed E-state index contributed by atoms with van der Waals surface area (Å²) in [5.74, 6) is 0.846. The smallest absolute Gasteiger partial charge is 0.136 e. The van der Waals surface area contributed by atoms with E-state index in [1.165, 1.54) is 25.7 Å². The minimum absolute atomic E-state index is 0.0532. The number of hydrogen-bond acceptors (Lipinski definition) is 3. The maximum Gasteiger partial charge on any atom is 0.136 e. The molecule has 0 saturated heterocycles. The SMILES string of the molecule is Cc1c(Cl)nc(C(C)(C)C)nc1SC1CCCC1. The van der Waals surface area contributed by atoms with Crippen LogP contribution in [0.15, 0.2) is 5.03 Å². The van der Waals surface area contributed by atoms with Crippen LogP contribution in [-0.4, -0.2) is 15.2 Å². The van der Waals surface area contributed by atoms with Crippen molar-refractivity contribution >= 4 is 23.4 Å². The summed E-state index contributed by atoms with van der Waals surface area (Å²) in [6.45, 7) is 8.39. The third kappa shape index (κ3) is 3.18. The van der Waals surface area contributed by atoms with Gasteiger partial charge < -0.3 is 0 Å². The highest BCUT2D eigenvalue weighted by Gasteiger charge is 2.23. The molecule has 18 heavy (non-hydrogen) atoms. The molecule has 2 rings (SSSR count). The molecule has 1 saturated carbocycles. The Morgan fingerprint density at radius 1 is 1.17 bits per heavy atom. The van der Waals surface area contributed by atoms with Gasteiger partial charge in [-0.15, -0.1) is 11.8 Å². The Morgan fingerprint density at radius 2 is 1.78 bits per heavy atom. The molecule has 1 aromatic rings. The van der Waals surface area contributed by atoms with Crippen molar-refractivity contribution in [1.82, 2.24) is 9.97 Å². The van der Waals surface area contributed by atoms with Crippen LogP contribution in [0.25, 0.3) is 0 Å². The van der Waals surface area contributed by atoms with Crippen LogP contribution in [0, 0.1) is 6.92 Å². The Balaban J connectivity index is 2.30. The highest BCUT2D eigenvalue weighted by molar-refractivity contribution is 7.99. The molecule has 0 atom stereocenters. The average molecular weight is 285 g/mol. The van der Waals surface area contributed by atoms with Crippen molar-refractivity contribution in [3.8, 4) is 0 Å². The Bertz CT molecular complexity index is 434. The monoisotopic (exact) mass is 284 g/mol. The number of aromatic nitrogens is 2. The minimum Gasteiger partial charge on any atom is -0.226 e. The molecule has 1 heterocycles. The van der Waals surface area contributed by atoms with Crippen LogP contribution in [-0.2, 0) is 5.41 Å². The fraction of sp³-hybridized carbons (Fsp3) is 0.714. The van der Waals surface area contributed by atoms with Crippen LogP contribution in [0.4, 0.5) is 0 Å². The summed E-state index contributed by atoms with van der Waals surface area (Å²) in [5, 5.41) is 2.39. The summed E-state index contributed by atoms with van der Waals surface area (Å²) >= 11 is 8.13.